The molecule has 3 saturated carbocycles. The van der Waals surface area contributed by atoms with Crippen molar-refractivity contribution in [2.24, 2.45) is 17.8 Å². The first kappa shape index (κ1) is 37.6. The third kappa shape index (κ3) is 5.65. The number of allylic oxidation sites excluding steroid dienone is 4. The zero-order valence-corrected chi connectivity index (χ0v) is 32.7. The molecule has 4 bridgehead atoms. The number of esters is 1. The van der Waals surface area contributed by atoms with Crippen LogP contribution in [0, 0.1) is 17.8 Å². The summed E-state index contributed by atoms with van der Waals surface area (Å²) in [5.74, 6) is -2.04. The van der Waals surface area contributed by atoms with Crippen molar-refractivity contribution < 1.29 is 43.2 Å². The van der Waals surface area contributed by atoms with Crippen LogP contribution in [0.5, 0.6) is 17.2 Å². The van der Waals surface area contributed by atoms with Gasteiger partial charge in [0.05, 0.1) is 37.4 Å². The standard InChI is InChI=1S/C43H55NO9/c1-24(2)11-10-16-41(8)17-15-27-34(45)31-35(46)32-33(44-19-21-50-22-20-44)29-23-30-40(6,7)53-42(38(29)47,18-14-26(5)39(48)49-9)43(30,32)52-37(31)28(36(27)51-41)13-12-25(3)4/h11-12,14-15,17,29-30,32-33,45H,10,13,16,18-23H2,1-9H3/b26-14-/t29-,30?,32?,33?,41?,42+,43-/m0/s1. The normalized spacial score (nSPS) is 33.6. The lowest BCUT2D eigenvalue weighted by Gasteiger charge is -2.64. The van der Waals surface area contributed by atoms with Gasteiger partial charge in [-0.1, -0.05) is 29.4 Å². The van der Waals surface area contributed by atoms with Crippen molar-refractivity contribution in [3.63, 3.8) is 0 Å². The van der Waals surface area contributed by atoms with E-state index in [1.807, 2.05) is 46.8 Å². The number of fused-ring (bicyclic) bond motifs is 2. The van der Waals surface area contributed by atoms with Crippen molar-refractivity contribution in [2.45, 2.75) is 116 Å². The molecule has 1 aromatic rings. The molecule has 7 aliphatic rings. The number of aromatic hydroxyl groups is 1. The number of morpholine rings is 1. The average molecular weight is 730 g/mol. The highest BCUT2D eigenvalue weighted by Gasteiger charge is 2.85. The molecular formula is C43H55NO9. The van der Waals surface area contributed by atoms with Crippen molar-refractivity contribution in [1.29, 1.82) is 0 Å². The number of methoxy groups -OCH3 is 1. The molecule has 286 valence electrons. The van der Waals surface area contributed by atoms with E-state index in [-0.39, 0.29) is 41.0 Å². The van der Waals surface area contributed by atoms with Crippen LogP contribution in [0.25, 0.3) is 6.08 Å². The topological polar surface area (TPSA) is 121 Å². The molecule has 10 nitrogen and oxygen atoms in total. The van der Waals surface area contributed by atoms with Crippen molar-refractivity contribution >= 4 is 23.6 Å². The Kier molecular flexibility index (Phi) is 9.39. The highest BCUT2D eigenvalue weighted by molar-refractivity contribution is 6.10. The molecule has 4 unspecified atom stereocenters. The van der Waals surface area contributed by atoms with Crippen LogP contribution in [0.15, 0.2) is 41.0 Å². The van der Waals surface area contributed by atoms with Crippen LogP contribution < -0.4 is 9.47 Å². The van der Waals surface area contributed by atoms with Crippen LogP contribution in [0.3, 0.4) is 0 Å². The predicted molar refractivity (Wildman–Crippen MR) is 200 cm³/mol. The fourth-order valence-corrected chi connectivity index (χ4v) is 10.3. The molecule has 3 aliphatic carbocycles. The molecule has 1 aromatic carbocycles. The molecule has 7 atom stereocenters. The Bertz CT molecular complexity index is 1860. The minimum atomic E-state index is -1.58. The number of rotatable bonds is 9. The lowest BCUT2D eigenvalue weighted by Crippen LogP contribution is -2.82. The fraction of sp³-hybridized carbons (Fsp3) is 0.605. The minimum Gasteiger partial charge on any atom is -0.506 e. The summed E-state index contributed by atoms with van der Waals surface area (Å²) < 4.78 is 32.2. The van der Waals surface area contributed by atoms with E-state index >= 15 is 9.59 Å². The van der Waals surface area contributed by atoms with Crippen LogP contribution in [0.1, 0.15) is 103 Å². The Morgan fingerprint density at radius 3 is 2.36 bits per heavy atom. The fourth-order valence-electron chi connectivity index (χ4n) is 10.3. The third-order valence-electron chi connectivity index (χ3n) is 12.7. The number of carbonyl (C=O) groups is 3. The summed E-state index contributed by atoms with van der Waals surface area (Å²) in [6.45, 7) is 17.9. The molecule has 4 heterocycles. The van der Waals surface area contributed by atoms with Gasteiger partial charge in [-0.15, -0.1) is 0 Å². The molecule has 1 N–H and O–H groups in total. The highest BCUT2D eigenvalue weighted by atomic mass is 16.6. The van der Waals surface area contributed by atoms with Gasteiger partial charge in [-0.3, -0.25) is 14.5 Å². The van der Waals surface area contributed by atoms with Gasteiger partial charge in [-0.05, 0) is 93.2 Å². The maximum atomic E-state index is 15.6. The van der Waals surface area contributed by atoms with E-state index in [1.165, 1.54) is 12.7 Å². The molecule has 4 aliphatic heterocycles. The molecular weight excluding hydrogens is 674 g/mol. The zero-order valence-electron chi connectivity index (χ0n) is 32.7. The number of benzene rings is 1. The lowest BCUT2D eigenvalue weighted by molar-refractivity contribution is -0.216. The van der Waals surface area contributed by atoms with Gasteiger partial charge in [0.1, 0.15) is 28.4 Å². The monoisotopic (exact) mass is 729 g/mol. The van der Waals surface area contributed by atoms with Gasteiger partial charge in [0.15, 0.2) is 22.8 Å². The number of carbonyl (C=O) groups excluding carboxylic acids is 3. The summed E-state index contributed by atoms with van der Waals surface area (Å²) in [4.78, 5) is 45.7. The first-order valence-corrected chi connectivity index (χ1v) is 19.1. The van der Waals surface area contributed by atoms with Crippen molar-refractivity contribution in [2.75, 3.05) is 33.4 Å². The molecule has 2 saturated heterocycles. The number of ketones is 2. The second-order valence-electron chi connectivity index (χ2n) is 17.1. The molecule has 10 heteroatoms. The first-order chi connectivity index (χ1) is 25.0. The largest absolute Gasteiger partial charge is 0.506 e. The van der Waals surface area contributed by atoms with Gasteiger partial charge in [0.2, 0.25) is 0 Å². The molecule has 0 aromatic heterocycles. The predicted octanol–water partition coefficient (Wildman–Crippen LogP) is 6.72. The zero-order chi connectivity index (χ0) is 38.2. The number of hydrogen-bond donors (Lipinski definition) is 1. The first-order valence-electron chi connectivity index (χ1n) is 19.1. The van der Waals surface area contributed by atoms with Gasteiger partial charge in [0, 0.05) is 48.5 Å². The number of phenolic OH excluding ortho intramolecular Hbond substituents is 1. The van der Waals surface area contributed by atoms with E-state index in [1.54, 1.807) is 13.0 Å². The highest BCUT2D eigenvalue weighted by Crippen LogP contribution is 2.71. The molecule has 8 rings (SSSR count). The van der Waals surface area contributed by atoms with Gasteiger partial charge in [0.25, 0.3) is 0 Å². The Morgan fingerprint density at radius 1 is 1.00 bits per heavy atom. The maximum Gasteiger partial charge on any atom is 0.333 e. The quantitative estimate of drug-likeness (QED) is 0.167. The maximum absolute atomic E-state index is 15.6. The van der Waals surface area contributed by atoms with Crippen molar-refractivity contribution in [1.82, 2.24) is 4.90 Å². The van der Waals surface area contributed by atoms with Crippen molar-refractivity contribution in [3.05, 3.63) is 57.7 Å². The van der Waals surface area contributed by atoms with Gasteiger partial charge in [-0.25, -0.2) is 4.79 Å². The number of Topliss-reactive ketones (excluding diaryl/α,β-unsaturated/α-hetero) is 2. The summed E-state index contributed by atoms with van der Waals surface area (Å²) in [6, 6.07) is -0.485. The van der Waals surface area contributed by atoms with E-state index in [2.05, 4.69) is 30.9 Å². The van der Waals surface area contributed by atoms with E-state index < -0.39 is 46.3 Å². The molecule has 1 spiro atoms. The summed E-state index contributed by atoms with van der Waals surface area (Å²) in [5, 5.41) is 12.2. The molecule has 0 radical (unpaired) electrons. The van der Waals surface area contributed by atoms with Gasteiger partial charge in [-0.2, -0.15) is 0 Å². The number of hydrogen-bond acceptors (Lipinski definition) is 10. The summed E-state index contributed by atoms with van der Waals surface area (Å²) in [5.41, 5.74) is -0.689. The number of nitrogens with zero attached hydrogens (tertiary/aromatic N) is 1. The number of ether oxygens (including phenoxy) is 5. The van der Waals surface area contributed by atoms with Crippen LogP contribution in [-0.2, 0) is 30.2 Å². The van der Waals surface area contributed by atoms with E-state index in [9.17, 15) is 9.90 Å². The molecule has 53 heavy (non-hydrogen) atoms. The summed E-state index contributed by atoms with van der Waals surface area (Å²) in [6.07, 6.45) is 12.2. The summed E-state index contributed by atoms with van der Waals surface area (Å²) in [7, 11) is 1.32. The van der Waals surface area contributed by atoms with Crippen LogP contribution in [0.2, 0.25) is 0 Å². The Morgan fingerprint density at radius 2 is 1.70 bits per heavy atom. The SMILES string of the molecule is COC(=O)/C(C)=C\C[C@@]12OC(C)(C)C3C[C@H](C1=O)C(N1CCOCC1)C1C(=O)c4c(O)c5c(c(CC=C(C)C)c4O[C@]132)OC(C)(CCC=C(C)C)C=C5. The van der Waals surface area contributed by atoms with Crippen LogP contribution in [-0.4, -0.2) is 89.4 Å². The number of phenols is 1. The second-order valence-corrected chi connectivity index (χ2v) is 17.1. The second kappa shape index (κ2) is 13.2. The van der Waals surface area contributed by atoms with Gasteiger partial charge < -0.3 is 28.8 Å². The Balaban J connectivity index is 1.48. The lowest BCUT2D eigenvalue weighted by atomic mass is 9.44. The summed E-state index contributed by atoms with van der Waals surface area (Å²) >= 11 is 0. The van der Waals surface area contributed by atoms with Crippen molar-refractivity contribution in [3.8, 4) is 17.2 Å². The van der Waals surface area contributed by atoms with E-state index in [0.717, 1.165) is 12.0 Å². The third-order valence-corrected chi connectivity index (χ3v) is 12.7. The Labute approximate surface area is 313 Å². The van der Waals surface area contributed by atoms with E-state index in [0.29, 0.717) is 68.0 Å². The minimum absolute atomic E-state index is 0.0278. The Hall–Kier alpha value is -3.73. The van der Waals surface area contributed by atoms with Gasteiger partial charge >= 0.3 is 5.97 Å². The van der Waals surface area contributed by atoms with Crippen LogP contribution >= 0.6 is 0 Å². The van der Waals surface area contributed by atoms with Crippen LogP contribution in [0.4, 0.5) is 0 Å². The molecule has 5 fully saturated rings. The molecule has 0 amide bonds. The smallest absolute Gasteiger partial charge is 0.333 e. The average Bonchev–Trinajstić information content (AvgIpc) is 3.25. The van der Waals surface area contributed by atoms with E-state index in [4.69, 9.17) is 23.7 Å².